The van der Waals surface area contributed by atoms with Crippen LogP contribution in [0, 0.1) is 13.8 Å². The Balaban J connectivity index is 1.61. The fourth-order valence-corrected chi connectivity index (χ4v) is 3.45. The molecule has 24 heavy (non-hydrogen) atoms. The topological polar surface area (TPSA) is 39.9 Å². The molecule has 1 atom stereocenters. The van der Waals surface area contributed by atoms with Crippen LogP contribution in [0.3, 0.4) is 0 Å². The smallest absolute Gasteiger partial charge is 0.118 e. The fraction of sp³-hybridized carbons (Fsp3) is 0.500. The number of piperazine rings is 1. The van der Waals surface area contributed by atoms with Gasteiger partial charge in [0, 0.05) is 38.8 Å². The molecule has 1 aromatic carbocycles. The van der Waals surface area contributed by atoms with Crippen LogP contribution in [-0.4, -0.2) is 47.2 Å². The summed E-state index contributed by atoms with van der Waals surface area (Å²) in [5, 5.41) is 9.45. The SMILES string of the molecule is Cc1ccc(CN2CCN(Cc3ccc(C)o3)C[C@@H]2CCO)cc1. The fourth-order valence-electron chi connectivity index (χ4n) is 3.45. The molecule has 4 nitrogen and oxygen atoms in total. The minimum atomic E-state index is 0.239. The molecule has 1 aliphatic heterocycles. The van der Waals surface area contributed by atoms with Gasteiger partial charge in [-0.2, -0.15) is 0 Å². The highest BCUT2D eigenvalue weighted by Gasteiger charge is 2.27. The van der Waals surface area contributed by atoms with Crippen molar-refractivity contribution in [1.29, 1.82) is 0 Å². The second-order valence-electron chi connectivity index (χ2n) is 6.87. The molecule has 0 aliphatic carbocycles. The van der Waals surface area contributed by atoms with Crippen molar-refractivity contribution in [3.05, 3.63) is 59.0 Å². The summed E-state index contributed by atoms with van der Waals surface area (Å²) in [7, 11) is 0. The summed E-state index contributed by atoms with van der Waals surface area (Å²) in [5.74, 6) is 2.00. The summed E-state index contributed by atoms with van der Waals surface area (Å²) in [5.41, 5.74) is 2.64. The van der Waals surface area contributed by atoms with Gasteiger partial charge >= 0.3 is 0 Å². The Kier molecular flexibility index (Phi) is 5.72. The third-order valence-corrected chi connectivity index (χ3v) is 4.83. The van der Waals surface area contributed by atoms with E-state index in [-0.39, 0.29) is 6.61 Å². The summed E-state index contributed by atoms with van der Waals surface area (Å²) in [6, 6.07) is 13.2. The predicted octanol–water partition coefficient (Wildman–Crippen LogP) is 2.97. The van der Waals surface area contributed by atoms with E-state index in [0.29, 0.717) is 6.04 Å². The van der Waals surface area contributed by atoms with Crippen molar-refractivity contribution >= 4 is 0 Å². The summed E-state index contributed by atoms with van der Waals surface area (Å²) >= 11 is 0. The van der Waals surface area contributed by atoms with Crippen LogP contribution in [0.1, 0.15) is 29.1 Å². The Hall–Kier alpha value is -1.62. The van der Waals surface area contributed by atoms with Gasteiger partial charge in [0.15, 0.2) is 0 Å². The van der Waals surface area contributed by atoms with Crippen LogP contribution in [-0.2, 0) is 13.1 Å². The lowest BCUT2D eigenvalue weighted by atomic mass is 10.1. The van der Waals surface area contributed by atoms with E-state index in [1.807, 2.05) is 13.0 Å². The summed E-state index contributed by atoms with van der Waals surface area (Å²) in [6.45, 7) is 9.19. The Morgan fingerprint density at radius 2 is 1.83 bits per heavy atom. The van der Waals surface area contributed by atoms with Gasteiger partial charge < -0.3 is 9.52 Å². The first kappa shape index (κ1) is 17.2. The zero-order chi connectivity index (χ0) is 16.9. The van der Waals surface area contributed by atoms with E-state index in [0.717, 1.165) is 50.7 Å². The first-order valence-electron chi connectivity index (χ1n) is 8.82. The summed E-state index contributed by atoms with van der Waals surface area (Å²) in [6.07, 6.45) is 0.819. The molecule has 0 radical (unpaired) electrons. The zero-order valence-corrected chi connectivity index (χ0v) is 14.7. The van der Waals surface area contributed by atoms with Gasteiger partial charge in [0.1, 0.15) is 11.5 Å². The van der Waals surface area contributed by atoms with Crippen molar-refractivity contribution in [3.8, 4) is 0 Å². The molecule has 3 rings (SSSR count). The molecule has 1 aromatic heterocycles. The highest BCUT2D eigenvalue weighted by atomic mass is 16.3. The standard InChI is InChI=1S/C20H28N2O2/c1-16-3-6-18(7-4-16)13-22-11-10-21(14-19(22)9-12-23)15-20-8-5-17(2)24-20/h3-8,19,23H,9-15H2,1-2H3/t19-/m0/s1. The molecule has 130 valence electrons. The van der Waals surface area contributed by atoms with Gasteiger partial charge in [0.25, 0.3) is 0 Å². The molecule has 1 saturated heterocycles. The Labute approximate surface area is 144 Å². The van der Waals surface area contributed by atoms with Gasteiger partial charge in [0.2, 0.25) is 0 Å². The third-order valence-electron chi connectivity index (χ3n) is 4.83. The maximum Gasteiger partial charge on any atom is 0.118 e. The molecule has 1 fully saturated rings. The van der Waals surface area contributed by atoms with E-state index in [1.165, 1.54) is 11.1 Å². The summed E-state index contributed by atoms with van der Waals surface area (Å²) in [4.78, 5) is 4.94. The number of nitrogens with zero attached hydrogens (tertiary/aromatic N) is 2. The molecule has 0 spiro atoms. The van der Waals surface area contributed by atoms with Crippen LogP contribution >= 0.6 is 0 Å². The normalized spacial score (nSPS) is 19.7. The first-order chi connectivity index (χ1) is 11.6. The number of rotatable bonds is 6. The van der Waals surface area contributed by atoms with Crippen LogP contribution in [0.2, 0.25) is 0 Å². The molecule has 0 amide bonds. The number of hydrogen-bond acceptors (Lipinski definition) is 4. The van der Waals surface area contributed by atoms with Crippen LogP contribution in [0.4, 0.5) is 0 Å². The minimum absolute atomic E-state index is 0.239. The highest BCUT2D eigenvalue weighted by Crippen LogP contribution is 2.19. The molecule has 2 heterocycles. The van der Waals surface area contributed by atoms with Crippen LogP contribution in [0.15, 0.2) is 40.8 Å². The maximum absolute atomic E-state index is 9.45. The Morgan fingerprint density at radius 1 is 1.04 bits per heavy atom. The number of aryl methyl sites for hydroxylation is 2. The lowest BCUT2D eigenvalue weighted by Crippen LogP contribution is -2.52. The van der Waals surface area contributed by atoms with E-state index >= 15 is 0 Å². The molecule has 1 aliphatic rings. The van der Waals surface area contributed by atoms with Crippen LogP contribution in [0.5, 0.6) is 0 Å². The van der Waals surface area contributed by atoms with Crippen LogP contribution < -0.4 is 0 Å². The van der Waals surface area contributed by atoms with Crippen molar-refractivity contribution in [3.63, 3.8) is 0 Å². The van der Waals surface area contributed by atoms with Gasteiger partial charge in [-0.25, -0.2) is 0 Å². The monoisotopic (exact) mass is 328 g/mol. The molecule has 0 saturated carbocycles. The molecular formula is C20H28N2O2. The van der Waals surface area contributed by atoms with Gasteiger partial charge in [-0.3, -0.25) is 9.80 Å². The lowest BCUT2D eigenvalue weighted by molar-refractivity contribution is 0.0467. The quantitative estimate of drug-likeness (QED) is 0.885. The van der Waals surface area contributed by atoms with Crippen LogP contribution in [0.25, 0.3) is 0 Å². The second-order valence-corrected chi connectivity index (χ2v) is 6.87. The van der Waals surface area contributed by atoms with Crippen molar-refractivity contribution in [2.24, 2.45) is 0 Å². The third kappa shape index (κ3) is 4.47. The molecule has 0 bridgehead atoms. The zero-order valence-electron chi connectivity index (χ0n) is 14.7. The number of hydrogen-bond donors (Lipinski definition) is 1. The molecule has 2 aromatic rings. The predicted molar refractivity (Wildman–Crippen MR) is 95.8 cm³/mol. The van der Waals surface area contributed by atoms with Gasteiger partial charge in [-0.1, -0.05) is 29.8 Å². The van der Waals surface area contributed by atoms with Crippen molar-refractivity contribution in [2.75, 3.05) is 26.2 Å². The second kappa shape index (κ2) is 7.97. The van der Waals surface area contributed by atoms with E-state index in [9.17, 15) is 5.11 Å². The van der Waals surface area contributed by atoms with E-state index in [4.69, 9.17) is 4.42 Å². The number of aliphatic hydroxyl groups is 1. The highest BCUT2D eigenvalue weighted by molar-refractivity contribution is 5.21. The first-order valence-corrected chi connectivity index (χ1v) is 8.82. The van der Waals surface area contributed by atoms with Gasteiger partial charge in [0.05, 0.1) is 6.54 Å². The largest absolute Gasteiger partial charge is 0.465 e. The average molecular weight is 328 g/mol. The minimum Gasteiger partial charge on any atom is -0.465 e. The van der Waals surface area contributed by atoms with Crippen molar-refractivity contribution in [1.82, 2.24) is 9.80 Å². The van der Waals surface area contributed by atoms with Gasteiger partial charge in [-0.15, -0.1) is 0 Å². The maximum atomic E-state index is 9.45. The Bertz CT molecular complexity index is 635. The van der Waals surface area contributed by atoms with Crippen molar-refractivity contribution in [2.45, 2.75) is 39.4 Å². The van der Waals surface area contributed by atoms with E-state index in [2.05, 4.69) is 47.1 Å². The van der Waals surface area contributed by atoms with Crippen molar-refractivity contribution < 1.29 is 9.52 Å². The number of aliphatic hydroxyl groups excluding tert-OH is 1. The van der Waals surface area contributed by atoms with E-state index < -0.39 is 0 Å². The number of furan rings is 1. The molecule has 0 unspecified atom stereocenters. The average Bonchev–Trinajstić information content (AvgIpc) is 2.97. The van der Waals surface area contributed by atoms with E-state index in [1.54, 1.807) is 0 Å². The lowest BCUT2D eigenvalue weighted by Gasteiger charge is -2.41. The molecule has 4 heteroatoms. The molecular weight excluding hydrogens is 300 g/mol. The molecule has 1 N–H and O–H groups in total. The summed E-state index contributed by atoms with van der Waals surface area (Å²) < 4.78 is 5.71. The number of benzene rings is 1. The Morgan fingerprint density at radius 3 is 2.50 bits per heavy atom. The van der Waals surface area contributed by atoms with Gasteiger partial charge in [-0.05, 0) is 38.0 Å².